The Kier molecular flexibility index (Phi) is 2.82. The van der Waals surface area contributed by atoms with E-state index in [-0.39, 0.29) is 5.88 Å². The highest BCUT2D eigenvalue weighted by Gasteiger charge is 2.01. The molecule has 11 heavy (non-hydrogen) atoms. The molecule has 0 aliphatic rings. The first-order valence-corrected chi connectivity index (χ1v) is 4.68. The maximum atomic E-state index is 8.99. The monoisotopic (exact) mass is 172 g/mol. The van der Waals surface area contributed by atoms with E-state index in [0.717, 1.165) is 17.3 Å². The molecule has 0 radical (unpaired) electrons. The summed E-state index contributed by atoms with van der Waals surface area (Å²) in [6.45, 7) is 2.10. The minimum absolute atomic E-state index is 0.110. The molecule has 0 fully saturated rings. The van der Waals surface area contributed by atoms with Crippen LogP contribution < -0.4 is 0 Å². The van der Waals surface area contributed by atoms with E-state index in [1.807, 2.05) is 11.6 Å². The zero-order chi connectivity index (χ0) is 8.27. The van der Waals surface area contributed by atoms with Crippen LogP contribution in [-0.4, -0.2) is 20.4 Å². The Bertz CT molecular complexity index is 234. The van der Waals surface area contributed by atoms with Crippen molar-refractivity contribution in [1.82, 2.24) is 9.55 Å². The van der Waals surface area contributed by atoms with Gasteiger partial charge < -0.3 is 9.67 Å². The van der Waals surface area contributed by atoms with Crippen LogP contribution in [0, 0.1) is 0 Å². The number of nitrogens with zero attached hydrogens (tertiary/aromatic N) is 2. The van der Waals surface area contributed by atoms with E-state index < -0.39 is 0 Å². The smallest absolute Gasteiger partial charge is 0.229 e. The van der Waals surface area contributed by atoms with Gasteiger partial charge in [0.1, 0.15) is 5.82 Å². The summed E-state index contributed by atoms with van der Waals surface area (Å²) < 4.78 is 1.85. The molecule has 3 nitrogen and oxygen atoms in total. The standard InChI is InChI=1S/C7H12N2OS/c1-3-11-5-6-8-7(10)4-9(6)2/h4,10H,3,5H2,1-2H3. The van der Waals surface area contributed by atoms with Gasteiger partial charge >= 0.3 is 0 Å². The number of rotatable bonds is 3. The molecule has 1 aromatic heterocycles. The van der Waals surface area contributed by atoms with Gasteiger partial charge in [-0.2, -0.15) is 16.7 Å². The molecule has 0 saturated heterocycles. The van der Waals surface area contributed by atoms with E-state index in [0.29, 0.717) is 0 Å². The molecule has 62 valence electrons. The zero-order valence-corrected chi connectivity index (χ0v) is 7.56. The third-order valence-electron chi connectivity index (χ3n) is 1.40. The average molecular weight is 172 g/mol. The number of hydrogen-bond donors (Lipinski definition) is 1. The van der Waals surface area contributed by atoms with Crippen LogP contribution in [0.15, 0.2) is 6.20 Å². The van der Waals surface area contributed by atoms with Crippen molar-refractivity contribution in [3.8, 4) is 5.88 Å². The van der Waals surface area contributed by atoms with Gasteiger partial charge in [-0.25, -0.2) is 0 Å². The predicted molar refractivity (Wildman–Crippen MR) is 46.7 cm³/mol. The molecule has 4 heteroatoms. The Hall–Kier alpha value is -0.640. The first kappa shape index (κ1) is 8.46. The number of aromatic hydroxyl groups is 1. The molecule has 0 unspecified atom stereocenters. The number of aryl methyl sites for hydroxylation is 1. The fourth-order valence-corrected chi connectivity index (χ4v) is 1.47. The molecule has 0 saturated carbocycles. The molecule has 0 amide bonds. The molecular formula is C7H12N2OS. The summed E-state index contributed by atoms with van der Waals surface area (Å²) in [5.41, 5.74) is 0. The first-order chi connectivity index (χ1) is 5.24. The van der Waals surface area contributed by atoms with Gasteiger partial charge in [0.2, 0.25) is 5.88 Å². The summed E-state index contributed by atoms with van der Waals surface area (Å²) in [5, 5.41) is 8.99. The maximum Gasteiger partial charge on any atom is 0.229 e. The van der Waals surface area contributed by atoms with E-state index in [2.05, 4.69) is 11.9 Å². The summed E-state index contributed by atoms with van der Waals surface area (Å²) in [6, 6.07) is 0. The largest absolute Gasteiger partial charge is 0.492 e. The van der Waals surface area contributed by atoms with Crippen molar-refractivity contribution in [3.63, 3.8) is 0 Å². The Morgan fingerprint density at radius 1 is 1.73 bits per heavy atom. The van der Waals surface area contributed by atoms with Crippen molar-refractivity contribution in [2.24, 2.45) is 7.05 Å². The number of aromatic nitrogens is 2. The summed E-state index contributed by atoms with van der Waals surface area (Å²) >= 11 is 1.79. The van der Waals surface area contributed by atoms with Crippen LogP contribution in [0.25, 0.3) is 0 Å². The van der Waals surface area contributed by atoms with Gasteiger partial charge in [0.05, 0.1) is 11.9 Å². The second kappa shape index (κ2) is 3.67. The number of thioether (sulfide) groups is 1. The molecule has 1 heterocycles. The van der Waals surface area contributed by atoms with Crippen LogP contribution in [0.2, 0.25) is 0 Å². The van der Waals surface area contributed by atoms with E-state index in [4.69, 9.17) is 5.11 Å². The Morgan fingerprint density at radius 2 is 2.45 bits per heavy atom. The lowest BCUT2D eigenvalue weighted by Crippen LogP contribution is -1.94. The van der Waals surface area contributed by atoms with Crippen LogP contribution >= 0.6 is 11.8 Å². The molecule has 0 aliphatic heterocycles. The van der Waals surface area contributed by atoms with E-state index >= 15 is 0 Å². The average Bonchev–Trinajstić information content (AvgIpc) is 2.26. The normalized spacial score (nSPS) is 10.4. The van der Waals surface area contributed by atoms with Gasteiger partial charge in [-0.15, -0.1) is 0 Å². The fraction of sp³-hybridized carbons (Fsp3) is 0.571. The fourth-order valence-electron chi connectivity index (χ4n) is 0.815. The minimum Gasteiger partial charge on any atom is -0.492 e. The van der Waals surface area contributed by atoms with Crippen molar-refractivity contribution in [2.75, 3.05) is 5.75 Å². The van der Waals surface area contributed by atoms with E-state index in [9.17, 15) is 0 Å². The van der Waals surface area contributed by atoms with Crippen LogP contribution in [0.5, 0.6) is 5.88 Å². The van der Waals surface area contributed by atoms with E-state index in [1.54, 1.807) is 18.0 Å². The quantitative estimate of drug-likeness (QED) is 0.748. The molecule has 0 aliphatic carbocycles. The van der Waals surface area contributed by atoms with Crippen LogP contribution in [0.4, 0.5) is 0 Å². The van der Waals surface area contributed by atoms with Crippen LogP contribution in [0.1, 0.15) is 12.7 Å². The Morgan fingerprint density at radius 3 is 2.91 bits per heavy atom. The minimum atomic E-state index is 0.110. The van der Waals surface area contributed by atoms with Gasteiger partial charge in [0.25, 0.3) is 0 Å². The molecule has 0 aromatic carbocycles. The van der Waals surface area contributed by atoms with Crippen molar-refractivity contribution in [2.45, 2.75) is 12.7 Å². The molecule has 1 rings (SSSR count). The predicted octanol–water partition coefficient (Wildman–Crippen LogP) is 1.38. The molecule has 0 spiro atoms. The van der Waals surface area contributed by atoms with Gasteiger partial charge in [-0.05, 0) is 5.75 Å². The van der Waals surface area contributed by atoms with Crippen molar-refractivity contribution in [3.05, 3.63) is 12.0 Å². The zero-order valence-electron chi connectivity index (χ0n) is 6.74. The first-order valence-electron chi connectivity index (χ1n) is 3.53. The van der Waals surface area contributed by atoms with E-state index in [1.165, 1.54) is 0 Å². The molecule has 1 aromatic rings. The SMILES string of the molecule is CCSCc1nc(O)cn1C. The third-order valence-corrected chi connectivity index (χ3v) is 2.27. The van der Waals surface area contributed by atoms with Crippen molar-refractivity contribution < 1.29 is 5.11 Å². The highest BCUT2D eigenvalue weighted by atomic mass is 32.2. The lowest BCUT2D eigenvalue weighted by atomic mass is 10.7. The lowest BCUT2D eigenvalue weighted by Gasteiger charge is -1.97. The molecule has 1 N–H and O–H groups in total. The van der Waals surface area contributed by atoms with Gasteiger partial charge in [-0.1, -0.05) is 6.92 Å². The second-order valence-electron chi connectivity index (χ2n) is 2.26. The Labute approximate surface area is 70.4 Å². The van der Waals surface area contributed by atoms with Crippen LogP contribution in [0.3, 0.4) is 0 Å². The molecule has 0 atom stereocenters. The summed E-state index contributed by atoms with van der Waals surface area (Å²) in [6.07, 6.45) is 1.62. The van der Waals surface area contributed by atoms with Crippen LogP contribution in [-0.2, 0) is 12.8 Å². The summed E-state index contributed by atoms with van der Waals surface area (Å²) in [4.78, 5) is 3.95. The topological polar surface area (TPSA) is 38.1 Å². The highest BCUT2D eigenvalue weighted by molar-refractivity contribution is 7.98. The summed E-state index contributed by atoms with van der Waals surface area (Å²) in [7, 11) is 1.89. The number of imidazole rings is 1. The Balaban J connectivity index is 2.62. The van der Waals surface area contributed by atoms with Gasteiger partial charge in [0.15, 0.2) is 0 Å². The lowest BCUT2D eigenvalue weighted by molar-refractivity contribution is 0.455. The molecular weight excluding hydrogens is 160 g/mol. The highest BCUT2D eigenvalue weighted by Crippen LogP contribution is 2.13. The summed E-state index contributed by atoms with van der Waals surface area (Å²) in [5.74, 6) is 2.98. The second-order valence-corrected chi connectivity index (χ2v) is 3.54. The third kappa shape index (κ3) is 2.15. The molecule has 0 bridgehead atoms. The number of hydrogen-bond acceptors (Lipinski definition) is 3. The van der Waals surface area contributed by atoms with Gasteiger partial charge in [-0.3, -0.25) is 0 Å². The van der Waals surface area contributed by atoms with Gasteiger partial charge in [0, 0.05) is 7.05 Å². The van der Waals surface area contributed by atoms with Crippen molar-refractivity contribution >= 4 is 11.8 Å². The van der Waals surface area contributed by atoms with Crippen molar-refractivity contribution in [1.29, 1.82) is 0 Å². The maximum absolute atomic E-state index is 8.99.